The molecule has 0 saturated heterocycles. The molecule has 1 aromatic rings. The smallest absolute Gasteiger partial charge is 0.130 e. The average molecular weight is 390 g/mol. The Bertz CT molecular complexity index is 539. The van der Waals surface area contributed by atoms with Crippen LogP contribution >= 0.6 is 12.4 Å². The molecule has 0 saturated carbocycles. The number of hydrogen-bond donors (Lipinski definition) is 2. The van der Waals surface area contributed by atoms with E-state index < -0.39 is 6.10 Å². The zero-order chi connectivity index (χ0) is 18.8. The Balaban J connectivity index is 0.00000625. The molecule has 0 spiro atoms. The fourth-order valence-corrected chi connectivity index (χ4v) is 2.44. The minimum Gasteiger partial charge on any atom is -0.496 e. The van der Waals surface area contributed by atoms with Crippen LogP contribution in [0, 0.1) is 5.92 Å². The first-order valence-electron chi connectivity index (χ1n) is 8.64. The van der Waals surface area contributed by atoms with Gasteiger partial charge in [-0.15, -0.1) is 12.4 Å². The average Bonchev–Trinajstić information content (AvgIpc) is 2.58. The fourth-order valence-electron chi connectivity index (χ4n) is 2.44. The van der Waals surface area contributed by atoms with Crippen molar-refractivity contribution in [1.82, 2.24) is 5.32 Å². The highest BCUT2D eigenvalue weighted by molar-refractivity contribution is 5.85. The van der Waals surface area contributed by atoms with E-state index in [4.69, 9.17) is 14.2 Å². The van der Waals surface area contributed by atoms with Crippen molar-refractivity contribution in [2.24, 2.45) is 5.92 Å². The van der Waals surface area contributed by atoms with E-state index in [1.807, 2.05) is 20.8 Å². The van der Waals surface area contributed by atoms with E-state index in [0.717, 1.165) is 11.8 Å². The molecule has 0 bridgehead atoms. The summed E-state index contributed by atoms with van der Waals surface area (Å²) in [6, 6.07) is 3.88. The second-order valence-corrected chi connectivity index (χ2v) is 6.55. The summed E-state index contributed by atoms with van der Waals surface area (Å²) in [5, 5.41) is 13.2. The molecule has 6 nitrogen and oxygen atoms in total. The van der Waals surface area contributed by atoms with Crippen LogP contribution in [0.25, 0.3) is 0 Å². The van der Waals surface area contributed by atoms with Crippen molar-refractivity contribution < 1.29 is 24.1 Å². The largest absolute Gasteiger partial charge is 0.496 e. The lowest BCUT2D eigenvalue weighted by molar-refractivity contribution is -0.108. The van der Waals surface area contributed by atoms with Gasteiger partial charge in [0.2, 0.25) is 0 Å². The van der Waals surface area contributed by atoms with Crippen LogP contribution in [0.4, 0.5) is 0 Å². The normalized spacial score (nSPS) is 12.9. The molecule has 0 aromatic heterocycles. The van der Waals surface area contributed by atoms with E-state index in [1.54, 1.807) is 26.4 Å². The van der Waals surface area contributed by atoms with E-state index >= 15 is 0 Å². The molecule has 7 heteroatoms. The van der Waals surface area contributed by atoms with Gasteiger partial charge in [0.05, 0.1) is 14.2 Å². The molecule has 0 radical (unpaired) electrons. The van der Waals surface area contributed by atoms with Gasteiger partial charge in [-0.2, -0.15) is 0 Å². The quantitative estimate of drug-likeness (QED) is 0.535. The van der Waals surface area contributed by atoms with Crippen LogP contribution in [0.1, 0.15) is 32.8 Å². The van der Waals surface area contributed by atoms with Crippen molar-refractivity contribution in [3.8, 4) is 17.2 Å². The summed E-state index contributed by atoms with van der Waals surface area (Å²) in [6.07, 6.45) is 1.40. The maximum atomic E-state index is 10.8. The number of aldehydes is 1. The Hall–Kier alpha value is -1.50. The number of aliphatic hydroxyl groups excluding tert-OH is 1. The summed E-state index contributed by atoms with van der Waals surface area (Å²) in [6.45, 7) is 6.66. The van der Waals surface area contributed by atoms with E-state index in [2.05, 4.69) is 5.32 Å². The Morgan fingerprint density at radius 3 is 2.35 bits per heavy atom. The zero-order valence-electron chi connectivity index (χ0n) is 16.3. The third-order valence-corrected chi connectivity index (χ3v) is 3.84. The van der Waals surface area contributed by atoms with Gasteiger partial charge in [0.25, 0.3) is 0 Å². The van der Waals surface area contributed by atoms with E-state index in [0.29, 0.717) is 42.7 Å². The summed E-state index contributed by atoms with van der Waals surface area (Å²) in [4.78, 5) is 10.8. The number of carbonyl (C=O) groups is 1. The number of nitrogens with one attached hydrogen (secondary N) is 1. The Morgan fingerprint density at radius 1 is 1.15 bits per heavy atom. The summed E-state index contributed by atoms with van der Waals surface area (Å²) in [7, 11) is 3.17. The molecular formula is C19H32ClNO5. The van der Waals surface area contributed by atoms with Gasteiger partial charge in [-0.25, -0.2) is 0 Å². The van der Waals surface area contributed by atoms with Gasteiger partial charge < -0.3 is 29.4 Å². The number of halogens is 1. The van der Waals surface area contributed by atoms with Crippen LogP contribution in [-0.4, -0.2) is 50.9 Å². The SMILES string of the molecule is COc1cc(OC)c(C[C@@H](C)CC=O)c(OCC(O)CNC(C)C)c1.Cl. The van der Waals surface area contributed by atoms with Crippen LogP contribution in [0.2, 0.25) is 0 Å². The number of ether oxygens (including phenoxy) is 3. The summed E-state index contributed by atoms with van der Waals surface area (Å²) >= 11 is 0. The van der Waals surface area contributed by atoms with Crippen LogP contribution in [-0.2, 0) is 11.2 Å². The number of aliphatic hydroxyl groups is 1. The highest BCUT2D eigenvalue weighted by Gasteiger charge is 2.18. The van der Waals surface area contributed by atoms with Crippen LogP contribution in [0.5, 0.6) is 17.2 Å². The highest BCUT2D eigenvalue weighted by atomic mass is 35.5. The first-order valence-corrected chi connectivity index (χ1v) is 8.64. The van der Waals surface area contributed by atoms with Gasteiger partial charge in [-0.1, -0.05) is 20.8 Å². The molecule has 0 aliphatic carbocycles. The van der Waals surface area contributed by atoms with Crippen molar-refractivity contribution in [2.45, 2.75) is 45.8 Å². The van der Waals surface area contributed by atoms with Crippen molar-refractivity contribution in [3.05, 3.63) is 17.7 Å². The first kappa shape index (κ1) is 24.5. The van der Waals surface area contributed by atoms with E-state index in [1.165, 1.54) is 0 Å². The summed E-state index contributed by atoms with van der Waals surface area (Å²) in [5.74, 6) is 2.04. The number of carbonyl (C=O) groups excluding carboxylic acids is 1. The molecule has 1 aromatic carbocycles. The maximum absolute atomic E-state index is 10.8. The lowest BCUT2D eigenvalue weighted by Gasteiger charge is -2.20. The minimum absolute atomic E-state index is 0. The third kappa shape index (κ3) is 8.25. The van der Waals surface area contributed by atoms with Gasteiger partial charge in [0, 0.05) is 36.7 Å². The maximum Gasteiger partial charge on any atom is 0.130 e. The molecule has 0 fully saturated rings. The Labute approximate surface area is 162 Å². The van der Waals surface area contributed by atoms with Crippen LogP contribution in [0.15, 0.2) is 12.1 Å². The molecule has 2 N–H and O–H groups in total. The highest BCUT2D eigenvalue weighted by Crippen LogP contribution is 2.36. The van der Waals surface area contributed by atoms with Gasteiger partial charge >= 0.3 is 0 Å². The van der Waals surface area contributed by atoms with Crippen molar-refractivity contribution in [3.63, 3.8) is 0 Å². The monoisotopic (exact) mass is 389 g/mol. The molecule has 26 heavy (non-hydrogen) atoms. The molecule has 1 unspecified atom stereocenters. The van der Waals surface area contributed by atoms with Crippen molar-refractivity contribution in [1.29, 1.82) is 0 Å². The second-order valence-electron chi connectivity index (χ2n) is 6.55. The number of methoxy groups -OCH3 is 2. The Morgan fingerprint density at radius 2 is 1.81 bits per heavy atom. The topological polar surface area (TPSA) is 77.0 Å². The molecule has 1 rings (SSSR count). The molecule has 150 valence electrons. The predicted octanol–water partition coefficient (Wildman–Crippen LogP) is 2.63. The number of benzene rings is 1. The lowest BCUT2D eigenvalue weighted by Crippen LogP contribution is -2.35. The molecule has 0 aliphatic heterocycles. The third-order valence-electron chi connectivity index (χ3n) is 3.84. The summed E-state index contributed by atoms with van der Waals surface area (Å²) < 4.78 is 16.6. The minimum atomic E-state index is -0.625. The number of hydrogen-bond acceptors (Lipinski definition) is 6. The predicted molar refractivity (Wildman–Crippen MR) is 105 cm³/mol. The van der Waals surface area contributed by atoms with Crippen LogP contribution in [0.3, 0.4) is 0 Å². The van der Waals surface area contributed by atoms with Gasteiger partial charge in [0.1, 0.15) is 36.2 Å². The van der Waals surface area contributed by atoms with Gasteiger partial charge in [-0.05, 0) is 12.3 Å². The van der Waals surface area contributed by atoms with Crippen molar-refractivity contribution >= 4 is 18.7 Å². The molecule has 0 amide bonds. The van der Waals surface area contributed by atoms with E-state index in [-0.39, 0.29) is 24.9 Å². The molecule has 0 aliphatic rings. The van der Waals surface area contributed by atoms with E-state index in [9.17, 15) is 9.90 Å². The van der Waals surface area contributed by atoms with Crippen molar-refractivity contribution in [2.75, 3.05) is 27.4 Å². The standard InChI is InChI=1S/C19H31NO5.ClH/c1-13(2)20-11-15(22)12-25-19-10-16(23-4)9-18(24-5)17(19)8-14(3)6-7-21;/h7,9-10,13-15,20,22H,6,8,11-12H2,1-5H3;1H/t14-,15?;/m0./s1. The van der Waals surface area contributed by atoms with Gasteiger partial charge in [0.15, 0.2) is 0 Å². The number of rotatable bonds is 12. The van der Waals surface area contributed by atoms with Gasteiger partial charge in [-0.3, -0.25) is 0 Å². The zero-order valence-corrected chi connectivity index (χ0v) is 17.1. The Kier molecular flexibility index (Phi) is 12.1. The fraction of sp³-hybridized carbons (Fsp3) is 0.632. The second kappa shape index (κ2) is 12.8. The summed E-state index contributed by atoms with van der Waals surface area (Å²) in [5.41, 5.74) is 0.877. The first-order chi connectivity index (χ1) is 11.9. The molecule has 2 atom stereocenters. The van der Waals surface area contributed by atoms with Crippen LogP contribution < -0.4 is 19.5 Å². The molecule has 0 heterocycles. The molecular weight excluding hydrogens is 358 g/mol. The lowest BCUT2D eigenvalue weighted by atomic mass is 9.97.